The number of thiophene rings is 1. The minimum Gasteiger partial charge on any atom is -0.299 e. The van der Waals surface area contributed by atoms with Gasteiger partial charge < -0.3 is 0 Å². The summed E-state index contributed by atoms with van der Waals surface area (Å²) in [5.41, 5.74) is 3.74. The summed E-state index contributed by atoms with van der Waals surface area (Å²) in [6.07, 6.45) is 2.18. The Balaban J connectivity index is 1.46. The fraction of sp³-hybridized carbons (Fsp3) is 0.160. The van der Waals surface area contributed by atoms with Crippen molar-refractivity contribution in [1.82, 2.24) is 19.7 Å². The van der Waals surface area contributed by atoms with Crippen molar-refractivity contribution >= 4 is 43.9 Å². The number of nitrogens with zero attached hydrogens (tertiary/aromatic N) is 4. The monoisotopic (exact) mass is 487 g/mol. The molecule has 170 valence electrons. The molecule has 0 fully saturated rings. The van der Waals surface area contributed by atoms with Gasteiger partial charge in [0.1, 0.15) is 15.9 Å². The molecule has 0 saturated carbocycles. The molecule has 1 amide bonds. The highest BCUT2D eigenvalue weighted by atomic mass is 32.1. The number of nitrogens with one attached hydrogen (secondary N) is 1. The van der Waals surface area contributed by atoms with Crippen molar-refractivity contribution in [2.24, 2.45) is 0 Å². The molecular formula is C25H21N5O2S2. The Morgan fingerprint density at radius 2 is 1.74 bits per heavy atom. The number of fused-ring (bicyclic) bond motifs is 1. The van der Waals surface area contributed by atoms with E-state index >= 15 is 0 Å². The average Bonchev–Trinajstić information content (AvgIpc) is 3.52. The molecule has 1 N–H and O–H groups in total. The van der Waals surface area contributed by atoms with Crippen molar-refractivity contribution in [3.8, 4) is 22.3 Å². The largest absolute Gasteiger partial charge is 0.299 e. The summed E-state index contributed by atoms with van der Waals surface area (Å²) in [6.45, 7) is 3.65. The minimum absolute atomic E-state index is 0.248. The first-order valence-electron chi connectivity index (χ1n) is 10.8. The van der Waals surface area contributed by atoms with Crippen LogP contribution in [0.4, 0.5) is 5.13 Å². The predicted octanol–water partition coefficient (Wildman–Crippen LogP) is 5.41. The van der Waals surface area contributed by atoms with E-state index < -0.39 is 6.04 Å². The molecule has 0 radical (unpaired) electrons. The van der Waals surface area contributed by atoms with Gasteiger partial charge in [-0.05, 0) is 30.0 Å². The second-order valence-corrected chi connectivity index (χ2v) is 9.67. The van der Waals surface area contributed by atoms with Gasteiger partial charge in [0.15, 0.2) is 0 Å². The molecule has 1 unspecified atom stereocenters. The summed E-state index contributed by atoms with van der Waals surface area (Å²) < 4.78 is 1.37. The molecule has 0 bridgehead atoms. The minimum atomic E-state index is -0.758. The van der Waals surface area contributed by atoms with Crippen LogP contribution in [0.3, 0.4) is 0 Å². The van der Waals surface area contributed by atoms with E-state index in [-0.39, 0.29) is 11.5 Å². The third-order valence-electron chi connectivity index (χ3n) is 5.62. The second-order valence-electron chi connectivity index (χ2n) is 7.75. The first-order valence-corrected chi connectivity index (χ1v) is 12.5. The van der Waals surface area contributed by atoms with Gasteiger partial charge in [-0.1, -0.05) is 72.9 Å². The van der Waals surface area contributed by atoms with E-state index in [9.17, 15) is 9.59 Å². The van der Waals surface area contributed by atoms with Crippen molar-refractivity contribution in [3.05, 3.63) is 81.7 Å². The topological polar surface area (TPSA) is 89.8 Å². The molecule has 0 saturated heterocycles. The summed E-state index contributed by atoms with van der Waals surface area (Å²) in [5, 5.41) is 14.5. The Morgan fingerprint density at radius 1 is 1.03 bits per heavy atom. The lowest BCUT2D eigenvalue weighted by atomic mass is 10.0. The highest BCUT2D eigenvalue weighted by molar-refractivity contribution is 7.17. The average molecular weight is 488 g/mol. The molecule has 5 aromatic rings. The van der Waals surface area contributed by atoms with E-state index in [0.29, 0.717) is 15.3 Å². The van der Waals surface area contributed by atoms with Gasteiger partial charge in [0.05, 0.1) is 11.7 Å². The lowest BCUT2D eigenvalue weighted by Crippen LogP contribution is -2.31. The third-order valence-corrected chi connectivity index (χ3v) is 7.49. The number of anilines is 1. The van der Waals surface area contributed by atoms with Gasteiger partial charge in [-0.3, -0.25) is 19.5 Å². The zero-order valence-corrected chi connectivity index (χ0v) is 20.2. The Morgan fingerprint density at radius 3 is 2.44 bits per heavy atom. The molecular weight excluding hydrogens is 466 g/mol. The summed E-state index contributed by atoms with van der Waals surface area (Å²) in [6, 6.07) is 17.5. The molecule has 0 aliphatic rings. The van der Waals surface area contributed by atoms with E-state index in [2.05, 4.69) is 32.6 Å². The molecule has 0 spiro atoms. The Bertz CT molecular complexity index is 1520. The molecule has 34 heavy (non-hydrogen) atoms. The van der Waals surface area contributed by atoms with Crippen LogP contribution >= 0.6 is 22.7 Å². The van der Waals surface area contributed by atoms with Gasteiger partial charge in [-0.15, -0.1) is 21.5 Å². The standard InChI is InChI=1S/C25H21N5O2S2/c1-3-20-28-29-25(34-20)27-22(31)15(2)30-14-26-23-21(24(30)32)19(13-33-23)18-11-9-17(10-12-18)16-7-5-4-6-8-16/h4-15H,3H2,1-2H3,(H,27,29,31). The fourth-order valence-electron chi connectivity index (χ4n) is 3.69. The number of hydrogen-bond acceptors (Lipinski definition) is 7. The van der Waals surface area contributed by atoms with Gasteiger partial charge in [0.2, 0.25) is 11.0 Å². The molecule has 7 nitrogen and oxygen atoms in total. The number of rotatable bonds is 6. The number of benzene rings is 2. The molecule has 3 heterocycles. The van der Waals surface area contributed by atoms with Crippen LogP contribution in [-0.2, 0) is 11.2 Å². The maximum atomic E-state index is 13.4. The molecule has 2 aromatic carbocycles. The van der Waals surface area contributed by atoms with Gasteiger partial charge in [0.25, 0.3) is 5.56 Å². The third kappa shape index (κ3) is 4.15. The Hall–Kier alpha value is -3.69. The summed E-state index contributed by atoms with van der Waals surface area (Å²) >= 11 is 2.74. The Labute approximate surface area is 203 Å². The molecule has 5 rings (SSSR count). The van der Waals surface area contributed by atoms with Crippen LogP contribution in [0, 0.1) is 0 Å². The van der Waals surface area contributed by atoms with E-state index in [4.69, 9.17) is 0 Å². The maximum absolute atomic E-state index is 13.4. The van der Waals surface area contributed by atoms with Crippen LogP contribution in [0.25, 0.3) is 32.5 Å². The fourth-order valence-corrected chi connectivity index (χ4v) is 5.28. The number of aromatic nitrogens is 4. The lowest BCUT2D eigenvalue weighted by molar-refractivity contribution is -0.118. The number of aryl methyl sites for hydroxylation is 1. The quantitative estimate of drug-likeness (QED) is 0.346. The van der Waals surface area contributed by atoms with E-state index in [1.54, 1.807) is 6.92 Å². The maximum Gasteiger partial charge on any atom is 0.263 e. The van der Waals surface area contributed by atoms with Crippen molar-refractivity contribution < 1.29 is 4.79 Å². The Kier molecular flexibility index (Phi) is 6.04. The summed E-state index contributed by atoms with van der Waals surface area (Å²) in [7, 11) is 0. The van der Waals surface area contributed by atoms with Crippen LogP contribution in [0.2, 0.25) is 0 Å². The van der Waals surface area contributed by atoms with Gasteiger partial charge >= 0.3 is 0 Å². The predicted molar refractivity (Wildman–Crippen MR) is 137 cm³/mol. The molecule has 3 aromatic heterocycles. The van der Waals surface area contributed by atoms with Crippen LogP contribution in [0.1, 0.15) is 24.9 Å². The van der Waals surface area contributed by atoms with Gasteiger partial charge in [0, 0.05) is 10.9 Å². The molecule has 0 aliphatic carbocycles. The number of carbonyl (C=O) groups excluding carboxylic acids is 1. The van der Waals surface area contributed by atoms with E-state index in [1.165, 1.54) is 33.6 Å². The number of carbonyl (C=O) groups is 1. The van der Waals surface area contributed by atoms with Crippen molar-refractivity contribution in [3.63, 3.8) is 0 Å². The van der Waals surface area contributed by atoms with Crippen LogP contribution in [-0.4, -0.2) is 25.7 Å². The van der Waals surface area contributed by atoms with E-state index in [1.807, 2.05) is 54.8 Å². The number of hydrogen-bond donors (Lipinski definition) is 1. The second kappa shape index (κ2) is 9.28. The first-order chi connectivity index (χ1) is 16.5. The molecule has 9 heteroatoms. The SMILES string of the molecule is CCc1nnc(NC(=O)C(C)n2cnc3scc(-c4ccc(-c5ccccc5)cc4)c3c2=O)s1. The van der Waals surface area contributed by atoms with Crippen molar-refractivity contribution in [2.75, 3.05) is 5.32 Å². The molecule has 0 aliphatic heterocycles. The molecule has 1 atom stereocenters. The highest BCUT2D eigenvalue weighted by Crippen LogP contribution is 2.32. The van der Waals surface area contributed by atoms with Gasteiger partial charge in [-0.2, -0.15) is 0 Å². The number of amides is 1. The van der Waals surface area contributed by atoms with Crippen molar-refractivity contribution in [2.45, 2.75) is 26.3 Å². The van der Waals surface area contributed by atoms with Crippen LogP contribution in [0.5, 0.6) is 0 Å². The van der Waals surface area contributed by atoms with E-state index in [0.717, 1.165) is 33.7 Å². The zero-order chi connectivity index (χ0) is 23.7. The van der Waals surface area contributed by atoms with Crippen molar-refractivity contribution in [1.29, 1.82) is 0 Å². The van der Waals surface area contributed by atoms with Crippen LogP contribution in [0.15, 0.2) is 71.1 Å². The summed E-state index contributed by atoms with van der Waals surface area (Å²) in [5.74, 6) is -0.342. The zero-order valence-electron chi connectivity index (χ0n) is 18.6. The lowest BCUT2D eigenvalue weighted by Gasteiger charge is -2.14. The smallest absolute Gasteiger partial charge is 0.263 e. The summed E-state index contributed by atoms with van der Waals surface area (Å²) in [4.78, 5) is 31.4. The van der Waals surface area contributed by atoms with Gasteiger partial charge in [-0.25, -0.2) is 4.98 Å². The normalized spacial score (nSPS) is 12.1. The van der Waals surface area contributed by atoms with Crippen LogP contribution < -0.4 is 10.9 Å². The first kappa shape index (κ1) is 22.1. The highest BCUT2D eigenvalue weighted by Gasteiger charge is 2.21.